The molecule has 1 aliphatic heterocycles. The first-order valence-corrected chi connectivity index (χ1v) is 8.97. The van der Waals surface area contributed by atoms with Crippen molar-refractivity contribution in [3.63, 3.8) is 0 Å². The maximum atomic E-state index is 12.4. The average molecular weight is 366 g/mol. The second kappa shape index (κ2) is 6.06. The summed E-state index contributed by atoms with van der Waals surface area (Å²) in [6.45, 7) is 0.351. The highest BCUT2D eigenvalue weighted by Gasteiger charge is 2.32. The zero-order chi connectivity index (χ0) is 16.7. The molecular weight excluding hydrogens is 353 g/mol. The first-order chi connectivity index (χ1) is 10.1. The molecule has 6 nitrogen and oxygen atoms in total. The van der Waals surface area contributed by atoms with Crippen molar-refractivity contribution in [2.24, 2.45) is 5.92 Å². The van der Waals surface area contributed by atoms with Crippen LogP contribution in [0.25, 0.3) is 0 Å². The van der Waals surface area contributed by atoms with Gasteiger partial charge in [-0.2, -0.15) is 0 Å². The molecule has 0 saturated carbocycles. The lowest BCUT2D eigenvalue weighted by atomic mass is 10.1. The van der Waals surface area contributed by atoms with E-state index in [9.17, 15) is 18.0 Å². The van der Waals surface area contributed by atoms with Gasteiger partial charge in [0.05, 0.1) is 26.4 Å². The lowest BCUT2D eigenvalue weighted by Crippen LogP contribution is -2.30. The number of carbonyl (C=O) groups is 2. The van der Waals surface area contributed by atoms with E-state index in [1.54, 1.807) is 0 Å². The first-order valence-electron chi connectivity index (χ1n) is 6.32. The molecule has 120 valence electrons. The predicted octanol–water partition coefficient (Wildman–Crippen LogP) is 1.94. The van der Waals surface area contributed by atoms with Gasteiger partial charge in [-0.15, -0.1) is 0 Å². The van der Waals surface area contributed by atoms with Gasteiger partial charge >= 0.3 is 5.97 Å². The molecule has 1 amide bonds. The molecule has 22 heavy (non-hydrogen) atoms. The molecule has 0 aromatic heterocycles. The second-order valence-electron chi connectivity index (χ2n) is 5.11. The fourth-order valence-corrected chi connectivity index (χ4v) is 3.92. The average Bonchev–Trinajstić information content (AvgIpc) is 2.86. The molecule has 0 bridgehead atoms. The molecule has 0 spiro atoms. The van der Waals surface area contributed by atoms with E-state index in [0.717, 1.165) is 12.3 Å². The van der Waals surface area contributed by atoms with Crippen molar-refractivity contribution in [3.05, 3.63) is 27.7 Å². The van der Waals surface area contributed by atoms with Gasteiger partial charge in [0.1, 0.15) is 0 Å². The molecule has 2 rings (SSSR count). The highest BCUT2D eigenvalue weighted by atomic mass is 35.5. The highest BCUT2D eigenvalue weighted by Crippen LogP contribution is 2.30. The molecule has 9 heteroatoms. The fraction of sp³-hybridized carbons (Fsp3) is 0.385. The standard InChI is InChI=1S/C13H13Cl2NO5S/c1-22(20,21)11-4-8(9(14)5-10(11)15)12(17)16-3-2-7(6-16)13(18)19/h4-5,7H,2-3,6H2,1H3,(H,18,19)/t7-/m1/s1. The molecule has 1 saturated heterocycles. The third-order valence-corrected chi connectivity index (χ3v) is 5.35. The van der Waals surface area contributed by atoms with Gasteiger partial charge in [0.25, 0.3) is 5.91 Å². The van der Waals surface area contributed by atoms with Gasteiger partial charge in [0, 0.05) is 19.3 Å². The molecule has 1 aromatic carbocycles. The maximum absolute atomic E-state index is 12.4. The van der Waals surface area contributed by atoms with Crippen LogP contribution >= 0.6 is 23.2 Å². The van der Waals surface area contributed by atoms with E-state index in [-0.39, 0.29) is 33.6 Å². The Hall–Kier alpha value is -1.31. The van der Waals surface area contributed by atoms with Gasteiger partial charge < -0.3 is 10.0 Å². The number of carboxylic acids is 1. The Morgan fingerprint density at radius 2 is 1.91 bits per heavy atom. The first kappa shape index (κ1) is 17.1. The van der Waals surface area contributed by atoms with E-state index in [4.69, 9.17) is 28.3 Å². The minimum Gasteiger partial charge on any atom is -0.481 e. The van der Waals surface area contributed by atoms with E-state index >= 15 is 0 Å². The van der Waals surface area contributed by atoms with Crippen molar-refractivity contribution in [1.29, 1.82) is 0 Å². The summed E-state index contributed by atoms with van der Waals surface area (Å²) in [6.07, 6.45) is 1.33. The van der Waals surface area contributed by atoms with E-state index in [0.29, 0.717) is 6.42 Å². The van der Waals surface area contributed by atoms with E-state index in [1.807, 2.05) is 0 Å². The number of rotatable bonds is 3. The summed E-state index contributed by atoms with van der Waals surface area (Å²) in [5, 5.41) is 8.93. The Morgan fingerprint density at radius 3 is 2.41 bits per heavy atom. The Balaban J connectivity index is 2.37. The third-order valence-electron chi connectivity index (χ3n) is 3.48. The van der Waals surface area contributed by atoms with Crippen molar-refractivity contribution in [3.8, 4) is 0 Å². The molecule has 1 fully saturated rings. The number of nitrogens with zero attached hydrogens (tertiary/aromatic N) is 1. The number of benzene rings is 1. The maximum Gasteiger partial charge on any atom is 0.308 e. The Bertz CT molecular complexity index is 747. The van der Waals surface area contributed by atoms with Crippen LogP contribution in [0.15, 0.2) is 17.0 Å². The quantitative estimate of drug-likeness (QED) is 0.883. The zero-order valence-corrected chi connectivity index (χ0v) is 13.9. The normalized spacial score (nSPS) is 18.5. The van der Waals surface area contributed by atoms with Crippen molar-refractivity contribution in [2.45, 2.75) is 11.3 Å². The van der Waals surface area contributed by atoms with Gasteiger partial charge in [0.15, 0.2) is 9.84 Å². The Morgan fingerprint density at radius 1 is 1.27 bits per heavy atom. The lowest BCUT2D eigenvalue weighted by molar-refractivity contribution is -0.141. The molecule has 1 atom stereocenters. The van der Waals surface area contributed by atoms with Crippen molar-refractivity contribution < 1.29 is 23.1 Å². The predicted molar refractivity (Wildman–Crippen MR) is 81.2 cm³/mol. The molecule has 1 N–H and O–H groups in total. The van der Waals surface area contributed by atoms with Gasteiger partial charge in [-0.05, 0) is 18.6 Å². The number of carbonyl (C=O) groups excluding carboxylic acids is 1. The van der Waals surface area contributed by atoms with Gasteiger partial charge in [-0.25, -0.2) is 8.42 Å². The van der Waals surface area contributed by atoms with Crippen LogP contribution in [0, 0.1) is 5.92 Å². The van der Waals surface area contributed by atoms with Crippen molar-refractivity contribution in [1.82, 2.24) is 4.90 Å². The summed E-state index contributed by atoms with van der Waals surface area (Å²) in [4.78, 5) is 24.5. The molecule has 0 aliphatic carbocycles. The third kappa shape index (κ3) is 3.37. The monoisotopic (exact) mass is 365 g/mol. The topological polar surface area (TPSA) is 91.8 Å². The van der Waals surface area contributed by atoms with Crippen molar-refractivity contribution in [2.75, 3.05) is 19.3 Å². The molecule has 1 aromatic rings. The Labute approximate surface area is 137 Å². The number of halogens is 2. The number of amides is 1. The van der Waals surface area contributed by atoms with Gasteiger partial charge in [-0.3, -0.25) is 9.59 Å². The van der Waals surface area contributed by atoms with Crippen LogP contribution in [0.4, 0.5) is 0 Å². The summed E-state index contributed by atoms with van der Waals surface area (Å²) in [5.41, 5.74) is -0.00229. The summed E-state index contributed by atoms with van der Waals surface area (Å²) in [7, 11) is -3.61. The molecular formula is C13H13Cl2NO5S. The zero-order valence-electron chi connectivity index (χ0n) is 11.5. The summed E-state index contributed by atoms with van der Waals surface area (Å²) < 4.78 is 23.3. The SMILES string of the molecule is CS(=O)(=O)c1cc(C(=O)N2CC[C@@H](C(=O)O)C2)c(Cl)cc1Cl. The number of likely N-dealkylation sites (tertiary alicyclic amines) is 1. The van der Waals surface area contributed by atoms with Gasteiger partial charge in [-0.1, -0.05) is 23.2 Å². The second-order valence-corrected chi connectivity index (χ2v) is 7.91. The van der Waals surface area contributed by atoms with E-state index in [1.165, 1.54) is 11.0 Å². The number of hydrogen-bond acceptors (Lipinski definition) is 4. The number of sulfone groups is 1. The number of carboxylic acid groups (broad SMARTS) is 1. The lowest BCUT2D eigenvalue weighted by Gasteiger charge is -2.17. The fourth-order valence-electron chi connectivity index (χ4n) is 2.29. The Kier molecular flexibility index (Phi) is 4.70. The summed E-state index contributed by atoms with van der Waals surface area (Å²) >= 11 is 11.8. The van der Waals surface area contributed by atoms with E-state index < -0.39 is 27.6 Å². The highest BCUT2D eigenvalue weighted by molar-refractivity contribution is 7.90. The summed E-state index contributed by atoms with van der Waals surface area (Å²) in [6, 6.07) is 2.34. The molecule has 1 aliphatic rings. The van der Waals surface area contributed by atoms with Crippen LogP contribution < -0.4 is 0 Å². The van der Waals surface area contributed by atoms with E-state index in [2.05, 4.69) is 0 Å². The van der Waals surface area contributed by atoms with Crippen LogP contribution in [-0.2, 0) is 14.6 Å². The van der Waals surface area contributed by atoms with Gasteiger partial charge in [0.2, 0.25) is 0 Å². The molecule has 1 heterocycles. The van der Waals surface area contributed by atoms with Crippen LogP contribution in [0.3, 0.4) is 0 Å². The smallest absolute Gasteiger partial charge is 0.308 e. The van der Waals surface area contributed by atoms with Crippen molar-refractivity contribution >= 4 is 44.9 Å². The minimum absolute atomic E-state index is 0.00229. The number of aliphatic carboxylic acids is 1. The largest absolute Gasteiger partial charge is 0.481 e. The molecule has 0 unspecified atom stereocenters. The molecule has 0 radical (unpaired) electrons. The van der Waals surface area contributed by atoms with Crippen LogP contribution in [0.5, 0.6) is 0 Å². The minimum atomic E-state index is -3.61. The van der Waals surface area contributed by atoms with Crippen LogP contribution in [0.2, 0.25) is 10.0 Å². The number of hydrogen-bond donors (Lipinski definition) is 1. The van der Waals surface area contributed by atoms with Crippen LogP contribution in [-0.4, -0.2) is 49.6 Å². The van der Waals surface area contributed by atoms with Crippen LogP contribution in [0.1, 0.15) is 16.8 Å². The summed E-state index contributed by atoms with van der Waals surface area (Å²) in [5.74, 6) is -2.09.